The van der Waals surface area contributed by atoms with E-state index in [0.29, 0.717) is 74.0 Å². The van der Waals surface area contributed by atoms with Crippen LogP contribution in [0.4, 0.5) is 20.3 Å². The van der Waals surface area contributed by atoms with Gasteiger partial charge in [-0.25, -0.2) is 18.3 Å². The van der Waals surface area contributed by atoms with Crippen molar-refractivity contribution in [3.8, 4) is 22.9 Å². The average Bonchev–Trinajstić information content (AvgIpc) is 3.92. The number of pyridine rings is 2. The van der Waals surface area contributed by atoms with Gasteiger partial charge in [-0.2, -0.15) is 10.4 Å². The molecule has 1 spiro atoms. The van der Waals surface area contributed by atoms with Gasteiger partial charge in [0.15, 0.2) is 0 Å². The summed E-state index contributed by atoms with van der Waals surface area (Å²) in [7, 11) is 0. The number of carbonyl (C=O) groups excluding carboxylic acids is 5. The van der Waals surface area contributed by atoms with Crippen LogP contribution in [0.5, 0.6) is 5.75 Å². The number of hydrogen-bond donors (Lipinski definition) is 2. The van der Waals surface area contributed by atoms with Crippen LogP contribution in [0.1, 0.15) is 90.1 Å². The summed E-state index contributed by atoms with van der Waals surface area (Å²) in [6.07, 6.45) is 9.20. The monoisotopic (exact) mass is 924 g/mol. The molecule has 5 aliphatic heterocycles. The van der Waals surface area contributed by atoms with Gasteiger partial charge in [-0.05, 0) is 117 Å². The van der Waals surface area contributed by atoms with E-state index in [1.165, 1.54) is 6.20 Å². The van der Waals surface area contributed by atoms with Gasteiger partial charge in [0.25, 0.3) is 11.8 Å². The van der Waals surface area contributed by atoms with E-state index in [1.807, 2.05) is 53.1 Å². The highest BCUT2D eigenvalue weighted by Gasteiger charge is 2.48. The molecular formula is C50H50F2N10O6. The molecule has 5 aliphatic rings. The lowest BCUT2D eigenvalue weighted by Crippen LogP contribution is -2.65. The molecule has 4 saturated heterocycles. The number of nitrogens with one attached hydrogen (secondary N) is 2. The van der Waals surface area contributed by atoms with E-state index in [4.69, 9.17) is 9.72 Å². The summed E-state index contributed by atoms with van der Waals surface area (Å²) in [6, 6.07) is 15.7. The highest BCUT2D eigenvalue weighted by Crippen LogP contribution is 2.44. The highest BCUT2D eigenvalue weighted by atomic mass is 19.1. The molecule has 1 atom stereocenters. The van der Waals surface area contributed by atoms with E-state index >= 15 is 0 Å². The zero-order valence-electron chi connectivity index (χ0n) is 37.6. The van der Waals surface area contributed by atoms with Crippen molar-refractivity contribution >= 4 is 46.6 Å². The van der Waals surface area contributed by atoms with Crippen LogP contribution in [0.15, 0.2) is 73.2 Å². The Labute approximate surface area is 390 Å². The maximum atomic E-state index is 15.0. The Hall–Kier alpha value is -7.42. The zero-order valence-corrected chi connectivity index (χ0v) is 37.6. The van der Waals surface area contributed by atoms with Crippen LogP contribution >= 0.6 is 0 Å². The van der Waals surface area contributed by atoms with Gasteiger partial charge in [-0.3, -0.25) is 29.3 Å². The lowest BCUT2D eigenvalue weighted by molar-refractivity contribution is -0.142. The molecule has 16 nitrogen and oxygen atoms in total. The zero-order chi connectivity index (χ0) is 47.3. The van der Waals surface area contributed by atoms with Crippen molar-refractivity contribution in [2.24, 2.45) is 5.41 Å². The number of nitriles is 1. The number of carbonyl (C=O) groups is 5. The number of nitrogens with zero attached hydrogens (tertiary/aromatic N) is 8. The standard InChI is InChI=1S/C50H50F2N10O6/c1-2-68-36-25-38(44-33(26-53)28-55-62(44)30-36)31-3-9-42(54-27-31)59-21-15-50(16-22-59,57-45(64)39-24-34(51)4-7-40(39)52)48(67)60-19-13-49(14-20-60)11-17-58(18-12-49)35-5-6-37-32(23-35)29-61(47(37)66)41-8-10-43(63)56-46(41)65/h3-7,9,23-25,27-28,30,41H,2,8,10-22,29H2,1H3,(H,57,64)(H,56,63,65). The van der Waals surface area contributed by atoms with Crippen LogP contribution in [-0.4, -0.2) is 111 Å². The molecule has 10 rings (SSSR count). The lowest BCUT2D eigenvalue weighted by Gasteiger charge is -2.50. The molecule has 0 radical (unpaired) electrons. The van der Waals surface area contributed by atoms with Gasteiger partial charge < -0.3 is 29.7 Å². The first-order chi connectivity index (χ1) is 32.9. The van der Waals surface area contributed by atoms with Gasteiger partial charge in [0, 0.05) is 80.8 Å². The van der Waals surface area contributed by atoms with Crippen LogP contribution in [0.3, 0.4) is 0 Å². The topological polar surface area (TPSA) is 186 Å². The molecule has 350 valence electrons. The number of rotatable bonds is 9. The minimum Gasteiger partial charge on any atom is -0.492 e. The fraction of sp³-hybridized carbons (Fsp3) is 0.400. The first-order valence-corrected chi connectivity index (χ1v) is 23.2. The summed E-state index contributed by atoms with van der Waals surface area (Å²) in [4.78, 5) is 78.7. The number of halogens is 2. The fourth-order valence-electron chi connectivity index (χ4n) is 10.8. The Kier molecular flexibility index (Phi) is 11.5. The minimum absolute atomic E-state index is 0.00912. The molecule has 0 aliphatic carbocycles. The molecule has 2 N–H and O–H groups in total. The molecule has 1 unspecified atom stereocenters. The summed E-state index contributed by atoms with van der Waals surface area (Å²) in [5.41, 5.74) is 3.11. The highest BCUT2D eigenvalue weighted by molar-refractivity contribution is 6.05. The molecular weight excluding hydrogens is 875 g/mol. The minimum atomic E-state index is -1.39. The fourth-order valence-corrected chi connectivity index (χ4v) is 10.8. The summed E-state index contributed by atoms with van der Waals surface area (Å²) >= 11 is 0. The van der Waals surface area contributed by atoms with Crippen LogP contribution in [-0.2, 0) is 20.9 Å². The molecule has 0 saturated carbocycles. The first kappa shape index (κ1) is 44.4. The normalized spacial score (nSPS) is 20.0. The molecule has 8 heterocycles. The third-order valence-electron chi connectivity index (χ3n) is 14.8. The maximum absolute atomic E-state index is 15.0. The van der Waals surface area contributed by atoms with Crippen molar-refractivity contribution in [1.29, 1.82) is 5.26 Å². The second-order valence-corrected chi connectivity index (χ2v) is 18.6. The van der Waals surface area contributed by atoms with Crippen LogP contribution in [0.25, 0.3) is 16.6 Å². The third kappa shape index (κ3) is 8.13. The second kappa shape index (κ2) is 17.7. The number of benzene rings is 2. The quantitative estimate of drug-likeness (QED) is 0.181. The van der Waals surface area contributed by atoms with Gasteiger partial charge in [0.1, 0.15) is 40.9 Å². The van der Waals surface area contributed by atoms with Crippen LogP contribution in [0, 0.1) is 28.4 Å². The predicted octanol–water partition coefficient (Wildman–Crippen LogP) is 5.38. The van der Waals surface area contributed by atoms with Gasteiger partial charge in [0.2, 0.25) is 17.7 Å². The van der Waals surface area contributed by atoms with E-state index in [-0.39, 0.29) is 42.4 Å². The van der Waals surface area contributed by atoms with Crippen molar-refractivity contribution < 1.29 is 37.5 Å². The number of anilines is 2. The molecule has 4 fully saturated rings. The molecule has 2 aromatic carbocycles. The van der Waals surface area contributed by atoms with Gasteiger partial charge >= 0.3 is 0 Å². The Morgan fingerprint density at radius 2 is 1.65 bits per heavy atom. The van der Waals surface area contributed by atoms with Gasteiger partial charge in [-0.15, -0.1) is 0 Å². The van der Waals surface area contributed by atoms with E-state index in [2.05, 4.69) is 26.7 Å². The second-order valence-electron chi connectivity index (χ2n) is 18.6. The molecule has 0 bridgehead atoms. The smallest absolute Gasteiger partial charge is 0.255 e. The summed E-state index contributed by atoms with van der Waals surface area (Å²) < 4.78 is 36.7. The number of imide groups is 1. The first-order valence-electron chi connectivity index (χ1n) is 23.2. The van der Waals surface area contributed by atoms with Crippen molar-refractivity contribution in [3.63, 3.8) is 0 Å². The van der Waals surface area contributed by atoms with Crippen molar-refractivity contribution in [3.05, 3.63) is 107 Å². The Balaban J connectivity index is 0.810. The van der Waals surface area contributed by atoms with E-state index in [9.17, 15) is 38.0 Å². The van der Waals surface area contributed by atoms with Crippen molar-refractivity contribution in [2.45, 2.75) is 76.4 Å². The Morgan fingerprint density at radius 1 is 0.897 bits per heavy atom. The van der Waals surface area contributed by atoms with Gasteiger partial charge in [-0.1, -0.05) is 0 Å². The SMILES string of the molecule is CCOc1cc(-c2ccc(N3CCC(NC(=O)c4cc(F)ccc4F)(C(=O)N4CCC5(CC4)CCN(c4ccc6c(c4)CN(C4CCC(=O)NC4=O)C6=O)CC5)CC3)nc2)c2c(C#N)cnn2c1. The van der Waals surface area contributed by atoms with E-state index < -0.39 is 40.6 Å². The largest absolute Gasteiger partial charge is 0.492 e. The summed E-state index contributed by atoms with van der Waals surface area (Å²) in [5, 5.41) is 19.4. The molecule has 5 amide bonds. The van der Waals surface area contributed by atoms with E-state index in [1.54, 1.807) is 21.8 Å². The number of piperidine rings is 4. The molecule has 5 aromatic rings. The van der Waals surface area contributed by atoms with Crippen molar-refractivity contribution in [1.82, 2.24) is 35.0 Å². The molecule has 68 heavy (non-hydrogen) atoms. The molecule has 3 aromatic heterocycles. The summed E-state index contributed by atoms with van der Waals surface area (Å²) in [6.45, 7) is 5.87. The van der Waals surface area contributed by atoms with Gasteiger partial charge in [0.05, 0.1) is 35.6 Å². The summed E-state index contributed by atoms with van der Waals surface area (Å²) in [5.74, 6) is -2.48. The Morgan fingerprint density at radius 3 is 2.35 bits per heavy atom. The number of amides is 5. The predicted molar refractivity (Wildman–Crippen MR) is 244 cm³/mol. The number of aromatic nitrogens is 3. The number of fused-ring (bicyclic) bond motifs is 2. The maximum Gasteiger partial charge on any atom is 0.255 e. The van der Waals surface area contributed by atoms with Crippen molar-refractivity contribution in [2.75, 3.05) is 55.7 Å². The van der Waals surface area contributed by atoms with Crippen LogP contribution < -0.4 is 25.2 Å². The third-order valence-corrected chi connectivity index (χ3v) is 14.8. The number of ether oxygens (including phenoxy) is 1. The lowest BCUT2D eigenvalue weighted by atomic mass is 9.70. The number of hydrogen-bond acceptors (Lipinski definition) is 11. The number of likely N-dealkylation sites (tertiary alicyclic amines) is 1. The average molecular weight is 925 g/mol. The Bertz CT molecular complexity index is 2890. The van der Waals surface area contributed by atoms with E-state index in [0.717, 1.165) is 79.3 Å². The molecule has 18 heteroatoms. The van der Waals surface area contributed by atoms with Crippen LogP contribution in [0.2, 0.25) is 0 Å².